The number of halogens is 1. The summed E-state index contributed by atoms with van der Waals surface area (Å²) in [5.41, 5.74) is 1.80. The number of carbonyl (C=O) groups is 1. The monoisotopic (exact) mass is 488 g/mol. The lowest BCUT2D eigenvalue weighted by Crippen LogP contribution is -2.45. The molecule has 0 aromatic heterocycles. The van der Waals surface area contributed by atoms with E-state index < -0.39 is 22.0 Å². The fraction of sp³-hybridized carbons (Fsp3) is 0.208. The number of rotatable bonds is 9. The number of amides is 1. The highest BCUT2D eigenvalue weighted by atomic mass is 35.5. The molecule has 1 amide bonds. The number of hydrogen-bond donors (Lipinski definition) is 2. The quantitative estimate of drug-likeness (QED) is 0.471. The van der Waals surface area contributed by atoms with E-state index in [1.807, 2.05) is 30.3 Å². The first-order valence-electron chi connectivity index (χ1n) is 10.1. The predicted octanol–water partition coefficient (Wildman–Crippen LogP) is 4.19. The average molecular weight is 489 g/mol. The van der Waals surface area contributed by atoms with Gasteiger partial charge >= 0.3 is 0 Å². The highest BCUT2D eigenvalue weighted by Crippen LogP contribution is 2.28. The van der Waals surface area contributed by atoms with Crippen molar-refractivity contribution in [1.82, 2.24) is 4.72 Å². The van der Waals surface area contributed by atoms with E-state index >= 15 is 0 Å². The van der Waals surface area contributed by atoms with Gasteiger partial charge in [0.05, 0.1) is 24.8 Å². The molecule has 0 fully saturated rings. The van der Waals surface area contributed by atoms with Crippen molar-refractivity contribution in [2.24, 2.45) is 0 Å². The van der Waals surface area contributed by atoms with Gasteiger partial charge in [-0.2, -0.15) is 4.72 Å². The number of benzene rings is 3. The summed E-state index contributed by atoms with van der Waals surface area (Å²) in [7, 11) is -1.03. The highest BCUT2D eigenvalue weighted by molar-refractivity contribution is 7.89. The Labute approximate surface area is 198 Å². The van der Waals surface area contributed by atoms with Crippen LogP contribution in [0.3, 0.4) is 0 Å². The zero-order valence-corrected chi connectivity index (χ0v) is 20.0. The molecule has 0 aliphatic carbocycles. The Morgan fingerprint density at radius 1 is 0.970 bits per heavy atom. The average Bonchev–Trinajstić information content (AvgIpc) is 2.79. The lowest BCUT2D eigenvalue weighted by molar-refractivity contribution is -0.117. The van der Waals surface area contributed by atoms with Crippen LogP contribution >= 0.6 is 11.6 Å². The Balaban J connectivity index is 1.92. The maximum atomic E-state index is 13.2. The SMILES string of the molecule is COc1ccc(S(=O)(=O)N[C@@H](Cc2ccccc2)C(=O)Nc2cc(Cl)ccc2OC)cc1C. The van der Waals surface area contributed by atoms with E-state index in [0.29, 0.717) is 27.8 Å². The normalized spacial score (nSPS) is 12.1. The van der Waals surface area contributed by atoms with Gasteiger partial charge in [0.2, 0.25) is 15.9 Å². The van der Waals surface area contributed by atoms with Crippen LogP contribution < -0.4 is 19.5 Å². The molecule has 3 aromatic rings. The van der Waals surface area contributed by atoms with Crippen LogP contribution in [0.2, 0.25) is 5.02 Å². The molecule has 1 atom stereocenters. The summed E-state index contributed by atoms with van der Waals surface area (Å²) in [6.45, 7) is 1.75. The largest absolute Gasteiger partial charge is 0.496 e. The Bertz CT molecular complexity index is 1230. The maximum Gasteiger partial charge on any atom is 0.243 e. The van der Waals surface area contributed by atoms with E-state index in [1.54, 1.807) is 31.2 Å². The smallest absolute Gasteiger partial charge is 0.243 e. The summed E-state index contributed by atoms with van der Waals surface area (Å²) in [6.07, 6.45) is 0.143. The van der Waals surface area contributed by atoms with Gasteiger partial charge in [0.1, 0.15) is 17.5 Å². The number of nitrogens with one attached hydrogen (secondary N) is 2. The molecule has 0 bridgehead atoms. The lowest BCUT2D eigenvalue weighted by Gasteiger charge is -2.20. The molecular formula is C24H25ClN2O5S. The van der Waals surface area contributed by atoms with Crippen molar-refractivity contribution in [2.45, 2.75) is 24.3 Å². The zero-order valence-electron chi connectivity index (χ0n) is 18.5. The van der Waals surface area contributed by atoms with Crippen LogP contribution in [0, 0.1) is 6.92 Å². The maximum absolute atomic E-state index is 13.2. The summed E-state index contributed by atoms with van der Waals surface area (Å²) in [4.78, 5) is 13.3. The van der Waals surface area contributed by atoms with Crippen LogP contribution in [0.4, 0.5) is 5.69 Å². The Morgan fingerprint density at radius 3 is 2.27 bits per heavy atom. The number of carbonyl (C=O) groups excluding carboxylic acids is 1. The second-order valence-electron chi connectivity index (χ2n) is 7.33. The first-order chi connectivity index (χ1) is 15.7. The molecular weight excluding hydrogens is 464 g/mol. The molecule has 174 valence electrons. The second kappa shape index (κ2) is 10.7. The van der Waals surface area contributed by atoms with Crippen LogP contribution in [0.5, 0.6) is 11.5 Å². The van der Waals surface area contributed by atoms with E-state index in [9.17, 15) is 13.2 Å². The van der Waals surface area contributed by atoms with Crippen LogP contribution in [0.25, 0.3) is 0 Å². The van der Waals surface area contributed by atoms with Gasteiger partial charge in [0.15, 0.2) is 0 Å². The Hall–Kier alpha value is -3.07. The second-order valence-corrected chi connectivity index (χ2v) is 9.48. The third kappa shape index (κ3) is 6.25. The van der Waals surface area contributed by atoms with Crippen molar-refractivity contribution in [1.29, 1.82) is 0 Å². The van der Waals surface area contributed by atoms with Gasteiger partial charge in [-0.15, -0.1) is 0 Å². The molecule has 3 aromatic carbocycles. The fourth-order valence-corrected chi connectivity index (χ4v) is 4.76. The summed E-state index contributed by atoms with van der Waals surface area (Å²) in [5.74, 6) is 0.425. The fourth-order valence-electron chi connectivity index (χ4n) is 3.31. The third-order valence-electron chi connectivity index (χ3n) is 4.99. The molecule has 33 heavy (non-hydrogen) atoms. The van der Waals surface area contributed by atoms with Gasteiger partial charge in [-0.25, -0.2) is 8.42 Å². The van der Waals surface area contributed by atoms with Crippen molar-refractivity contribution < 1.29 is 22.7 Å². The van der Waals surface area contributed by atoms with Crippen LogP contribution in [-0.2, 0) is 21.2 Å². The molecule has 7 nitrogen and oxygen atoms in total. The van der Waals surface area contributed by atoms with Crippen molar-refractivity contribution in [2.75, 3.05) is 19.5 Å². The van der Waals surface area contributed by atoms with Gasteiger partial charge in [-0.3, -0.25) is 4.79 Å². The van der Waals surface area contributed by atoms with Gasteiger partial charge in [-0.1, -0.05) is 41.9 Å². The summed E-state index contributed by atoms with van der Waals surface area (Å²) in [6, 6.07) is 17.4. The number of anilines is 1. The van der Waals surface area contributed by atoms with E-state index in [0.717, 1.165) is 5.56 Å². The van der Waals surface area contributed by atoms with Crippen molar-refractivity contribution in [3.8, 4) is 11.5 Å². The number of sulfonamides is 1. The minimum absolute atomic E-state index is 0.0343. The highest BCUT2D eigenvalue weighted by Gasteiger charge is 2.27. The standard InChI is InChI=1S/C24H25ClN2O5S/c1-16-13-19(10-12-22(16)31-2)33(29,30)27-21(14-17-7-5-4-6-8-17)24(28)26-20-15-18(25)9-11-23(20)32-3/h4-13,15,21,27H,14H2,1-3H3,(H,26,28)/t21-/m0/s1. The number of ether oxygens (including phenoxy) is 2. The Kier molecular flexibility index (Phi) is 7.97. The topological polar surface area (TPSA) is 93.7 Å². The summed E-state index contributed by atoms with van der Waals surface area (Å²) >= 11 is 6.06. The zero-order chi connectivity index (χ0) is 24.0. The molecule has 0 heterocycles. The van der Waals surface area contributed by atoms with Crippen molar-refractivity contribution in [3.63, 3.8) is 0 Å². The van der Waals surface area contributed by atoms with Crippen LogP contribution in [0.15, 0.2) is 71.6 Å². The van der Waals surface area contributed by atoms with Gasteiger partial charge in [-0.05, 0) is 60.9 Å². The van der Waals surface area contributed by atoms with Gasteiger partial charge in [0, 0.05) is 5.02 Å². The summed E-state index contributed by atoms with van der Waals surface area (Å²) < 4.78 is 39.3. The van der Waals surface area contributed by atoms with E-state index in [-0.39, 0.29) is 11.3 Å². The number of hydrogen-bond acceptors (Lipinski definition) is 5. The molecule has 0 aliphatic heterocycles. The molecule has 0 radical (unpaired) electrons. The third-order valence-corrected chi connectivity index (χ3v) is 6.70. The molecule has 0 saturated carbocycles. The van der Waals surface area contributed by atoms with Crippen molar-refractivity contribution in [3.05, 3.63) is 82.9 Å². The molecule has 0 saturated heterocycles. The lowest BCUT2D eigenvalue weighted by atomic mass is 10.1. The Morgan fingerprint density at radius 2 is 1.64 bits per heavy atom. The van der Waals surface area contributed by atoms with E-state index in [4.69, 9.17) is 21.1 Å². The molecule has 0 aliphatic rings. The van der Waals surface area contributed by atoms with Gasteiger partial charge in [0.25, 0.3) is 0 Å². The first kappa shape index (κ1) is 24.6. The van der Waals surface area contributed by atoms with Gasteiger partial charge < -0.3 is 14.8 Å². The van der Waals surface area contributed by atoms with Crippen LogP contribution in [-0.4, -0.2) is 34.6 Å². The number of aryl methyl sites for hydroxylation is 1. The first-order valence-corrected chi connectivity index (χ1v) is 11.9. The molecule has 2 N–H and O–H groups in total. The number of methoxy groups -OCH3 is 2. The molecule has 0 unspecified atom stereocenters. The van der Waals surface area contributed by atoms with E-state index in [1.165, 1.54) is 26.4 Å². The van der Waals surface area contributed by atoms with Crippen LogP contribution in [0.1, 0.15) is 11.1 Å². The van der Waals surface area contributed by atoms with E-state index in [2.05, 4.69) is 10.0 Å². The summed E-state index contributed by atoms with van der Waals surface area (Å²) in [5, 5.41) is 3.13. The molecule has 9 heteroatoms. The van der Waals surface area contributed by atoms with Crippen molar-refractivity contribution >= 4 is 33.2 Å². The molecule has 0 spiro atoms. The molecule has 3 rings (SSSR count). The predicted molar refractivity (Wildman–Crippen MR) is 129 cm³/mol. The minimum Gasteiger partial charge on any atom is -0.496 e. The minimum atomic E-state index is -4.01.